The number of benzene rings is 3. The molecular formula is C53H67F3N6O7S. The number of nitrogens with zero attached hydrogens (tertiary/aromatic N) is 3. The average molecular weight is 989 g/mol. The number of alkyl halides is 1. The molecule has 0 radical (unpaired) electrons. The number of nitrogens with one attached hydrogen (secondary N) is 3. The number of hydrogen-bond donors (Lipinski definition) is 4. The Balaban J connectivity index is 0.808. The first-order valence-electron chi connectivity index (χ1n) is 24.2. The fourth-order valence-corrected chi connectivity index (χ4v) is 10.2. The smallest absolute Gasteiger partial charge is 0.246 e. The summed E-state index contributed by atoms with van der Waals surface area (Å²) in [6.45, 7) is 13.5. The number of unbranched alkanes of at least 4 members (excludes halogenated alkanes) is 1. The SMILES string of the molecule is Cc1ncsc1-c1ccc(CNC(=O)[C@@H]2C[C@@H](O)CN2C(=O)C(NC(=O)COCCCOCCCCOc2cc(F)c([C@@H]3c4[nH]c5ccccc5c4C[C@@H](C)N3CC(C)(C)F)c(F)c2)C(C)(C)C)cc1. The summed E-state index contributed by atoms with van der Waals surface area (Å²) >= 11 is 1.56. The van der Waals surface area contributed by atoms with Gasteiger partial charge in [0, 0.05) is 86.2 Å². The minimum Gasteiger partial charge on any atom is -0.493 e. The molecule has 7 rings (SSSR count). The summed E-state index contributed by atoms with van der Waals surface area (Å²) in [7, 11) is 0. The van der Waals surface area contributed by atoms with Crippen molar-refractivity contribution >= 4 is 40.0 Å². The molecule has 2 aliphatic heterocycles. The zero-order valence-electron chi connectivity index (χ0n) is 41.2. The van der Waals surface area contributed by atoms with Crippen LogP contribution in [0.4, 0.5) is 13.2 Å². The van der Waals surface area contributed by atoms with Gasteiger partial charge in [-0.1, -0.05) is 63.2 Å². The number of carbonyl (C=O) groups excluding carboxylic acids is 3. The number of carbonyl (C=O) groups is 3. The molecule has 0 spiro atoms. The van der Waals surface area contributed by atoms with E-state index >= 15 is 13.2 Å². The van der Waals surface area contributed by atoms with E-state index in [1.54, 1.807) is 16.8 Å². The van der Waals surface area contributed by atoms with E-state index < -0.39 is 58.8 Å². The first-order valence-corrected chi connectivity index (χ1v) is 25.0. The molecule has 2 aliphatic rings. The summed E-state index contributed by atoms with van der Waals surface area (Å²) in [6, 6.07) is 15.1. The van der Waals surface area contributed by atoms with Crippen LogP contribution < -0.4 is 15.4 Å². The van der Waals surface area contributed by atoms with Crippen LogP contribution in [0.3, 0.4) is 0 Å². The van der Waals surface area contributed by atoms with E-state index in [0.717, 1.165) is 38.2 Å². The Labute approximate surface area is 412 Å². The average Bonchev–Trinajstić information content (AvgIpc) is 4.02. The molecule has 1 fully saturated rings. The van der Waals surface area contributed by atoms with Crippen molar-refractivity contribution < 1.29 is 46.9 Å². The van der Waals surface area contributed by atoms with Gasteiger partial charge in [0.2, 0.25) is 17.7 Å². The Bertz CT molecular complexity index is 2570. The van der Waals surface area contributed by atoms with Crippen molar-refractivity contribution in [2.45, 2.75) is 123 Å². The van der Waals surface area contributed by atoms with Gasteiger partial charge in [0.15, 0.2) is 0 Å². The largest absolute Gasteiger partial charge is 0.493 e. The molecule has 70 heavy (non-hydrogen) atoms. The minimum atomic E-state index is -1.60. The highest BCUT2D eigenvalue weighted by molar-refractivity contribution is 7.13. The highest BCUT2D eigenvalue weighted by Crippen LogP contribution is 2.44. The Morgan fingerprint density at radius 2 is 1.64 bits per heavy atom. The minimum absolute atomic E-state index is 0.0103. The van der Waals surface area contributed by atoms with Crippen LogP contribution in [0.2, 0.25) is 0 Å². The van der Waals surface area contributed by atoms with Crippen molar-refractivity contribution in [3.8, 4) is 16.2 Å². The van der Waals surface area contributed by atoms with Crippen molar-refractivity contribution in [3.63, 3.8) is 0 Å². The molecule has 13 nitrogen and oxygen atoms in total. The number of amides is 3. The predicted molar refractivity (Wildman–Crippen MR) is 264 cm³/mol. The maximum atomic E-state index is 16.0. The third-order valence-electron chi connectivity index (χ3n) is 12.9. The van der Waals surface area contributed by atoms with Gasteiger partial charge in [-0.3, -0.25) is 19.3 Å². The second-order valence-corrected chi connectivity index (χ2v) is 21.1. The fourth-order valence-electron chi connectivity index (χ4n) is 9.41. The number of aromatic amines is 1. The zero-order chi connectivity index (χ0) is 50.3. The number of fused-ring (bicyclic) bond motifs is 3. The predicted octanol–water partition coefficient (Wildman–Crippen LogP) is 8.35. The van der Waals surface area contributed by atoms with Gasteiger partial charge in [-0.2, -0.15) is 0 Å². The number of rotatable bonds is 21. The lowest BCUT2D eigenvalue weighted by Crippen LogP contribution is -2.58. The Hall–Kier alpha value is -5.33. The molecule has 378 valence electrons. The molecular weight excluding hydrogens is 922 g/mol. The monoisotopic (exact) mass is 988 g/mol. The first kappa shape index (κ1) is 52.5. The van der Waals surface area contributed by atoms with Gasteiger partial charge >= 0.3 is 0 Å². The van der Waals surface area contributed by atoms with Crippen LogP contribution in [-0.2, 0) is 36.8 Å². The third-order valence-corrected chi connectivity index (χ3v) is 13.9. The van der Waals surface area contributed by atoms with Crippen LogP contribution in [-0.4, -0.2) is 119 Å². The van der Waals surface area contributed by atoms with Gasteiger partial charge in [0.05, 0.1) is 34.8 Å². The third kappa shape index (κ3) is 12.9. The van der Waals surface area contributed by atoms with Gasteiger partial charge in [-0.25, -0.2) is 18.2 Å². The molecule has 0 bridgehead atoms. The van der Waals surface area contributed by atoms with Gasteiger partial charge in [-0.15, -0.1) is 11.3 Å². The van der Waals surface area contributed by atoms with Gasteiger partial charge in [0.25, 0.3) is 0 Å². The van der Waals surface area contributed by atoms with E-state index in [0.29, 0.717) is 44.6 Å². The summed E-state index contributed by atoms with van der Waals surface area (Å²) in [5, 5.41) is 17.3. The van der Waals surface area contributed by atoms with Crippen LogP contribution in [0.15, 0.2) is 66.2 Å². The molecule has 2 aromatic heterocycles. The maximum Gasteiger partial charge on any atom is 0.246 e. The summed E-state index contributed by atoms with van der Waals surface area (Å²) in [4.78, 5) is 52.4. The topological polar surface area (TPSA) is 158 Å². The van der Waals surface area contributed by atoms with Crippen LogP contribution in [0, 0.1) is 24.0 Å². The van der Waals surface area contributed by atoms with Crippen LogP contribution in [0.5, 0.6) is 5.75 Å². The Morgan fingerprint density at radius 1 is 0.957 bits per heavy atom. The number of β-amino-alcohol motifs (C(OH)–C–C–N with tert-alkyl or cyclic N) is 1. The van der Waals surface area contributed by atoms with Crippen LogP contribution in [0.25, 0.3) is 21.3 Å². The number of aryl methyl sites for hydroxylation is 1. The van der Waals surface area contributed by atoms with Crippen molar-refractivity contribution in [2.75, 3.05) is 46.1 Å². The maximum absolute atomic E-state index is 16.0. The van der Waals surface area contributed by atoms with Crippen molar-refractivity contribution in [3.05, 3.63) is 106 Å². The molecule has 0 saturated carbocycles. The molecule has 4 heterocycles. The molecule has 17 heteroatoms. The number of para-hydroxylation sites is 1. The second kappa shape index (κ2) is 22.8. The number of aliphatic hydroxyl groups is 1. The highest BCUT2D eigenvalue weighted by atomic mass is 32.1. The van der Waals surface area contributed by atoms with E-state index in [2.05, 4.69) is 20.6 Å². The number of H-pyrrole nitrogens is 1. The molecule has 3 aromatic carbocycles. The molecule has 1 unspecified atom stereocenters. The van der Waals surface area contributed by atoms with E-state index in [4.69, 9.17) is 14.2 Å². The summed E-state index contributed by atoms with van der Waals surface area (Å²) in [6.07, 6.45) is 1.51. The van der Waals surface area contributed by atoms with E-state index in [1.807, 2.05) is 88.0 Å². The highest BCUT2D eigenvalue weighted by Gasteiger charge is 2.45. The van der Waals surface area contributed by atoms with Gasteiger partial charge in [0.1, 0.15) is 41.7 Å². The quantitative estimate of drug-likeness (QED) is 0.0531. The van der Waals surface area contributed by atoms with Crippen molar-refractivity contribution in [2.24, 2.45) is 5.41 Å². The number of aliphatic hydroxyl groups excluding tert-OH is 1. The lowest BCUT2D eigenvalue weighted by Gasteiger charge is -2.43. The van der Waals surface area contributed by atoms with E-state index in [-0.39, 0.29) is 69.1 Å². The molecule has 5 atom stereocenters. The first-order chi connectivity index (χ1) is 33.3. The van der Waals surface area contributed by atoms with E-state index in [1.165, 1.54) is 30.9 Å². The van der Waals surface area contributed by atoms with Crippen LogP contribution >= 0.6 is 11.3 Å². The van der Waals surface area contributed by atoms with E-state index in [9.17, 15) is 19.5 Å². The number of halogens is 3. The number of thiazole rings is 1. The molecule has 5 aromatic rings. The molecule has 3 amide bonds. The van der Waals surface area contributed by atoms with Crippen molar-refractivity contribution in [1.29, 1.82) is 0 Å². The second-order valence-electron chi connectivity index (χ2n) is 20.2. The standard InChI is InChI=1S/C53H67F3N6O7S/c1-32-23-39-38-13-8-9-14-42(38)59-46(39)47(62(32)30-53(6,7)56)45-40(54)25-37(26-41(45)55)69-22-11-10-19-67-20-12-21-68-29-44(64)60-49(52(3,4)5)51(66)61-28-36(63)24-43(61)50(65)57-27-34-15-17-35(18-16-34)48-33(2)58-31-70-48/h8-9,13-18,25-26,31-32,36,43,47,49,59,63H,10-12,19-24,27-30H2,1-7H3,(H,57,65)(H,60,64)/t32-,36-,43+,47-,49?/m1/s1. The van der Waals surface area contributed by atoms with Gasteiger partial charge in [-0.05, 0) is 81.5 Å². The molecule has 4 N–H and O–H groups in total. The number of likely N-dealkylation sites (tertiary alicyclic amines) is 1. The van der Waals surface area contributed by atoms with Crippen LogP contribution in [0.1, 0.15) is 101 Å². The molecule has 0 aliphatic carbocycles. The lowest BCUT2D eigenvalue weighted by atomic mass is 9.85. The number of ether oxygens (including phenoxy) is 3. The number of aromatic nitrogens is 2. The van der Waals surface area contributed by atoms with Crippen molar-refractivity contribution in [1.82, 2.24) is 30.4 Å². The zero-order valence-corrected chi connectivity index (χ0v) is 42.0. The Morgan fingerprint density at radius 3 is 2.33 bits per heavy atom. The number of hydrogen-bond acceptors (Lipinski definition) is 10. The molecule has 1 saturated heterocycles. The normalized spacial score (nSPS) is 19.0. The Kier molecular flexibility index (Phi) is 17.1. The summed E-state index contributed by atoms with van der Waals surface area (Å²) in [5.74, 6) is -2.79. The summed E-state index contributed by atoms with van der Waals surface area (Å²) < 4.78 is 64.3. The van der Waals surface area contributed by atoms with Gasteiger partial charge < -0.3 is 39.8 Å². The summed E-state index contributed by atoms with van der Waals surface area (Å²) in [5.41, 5.74) is 4.73. The fraction of sp³-hybridized carbons (Fsp3) is 0.509. The lowest BCUT2D eigenvalue weighted by molar-refractivity contribution is -0.144.